The summed E-state index contributed by atoms with van der Waals surface area (Å²) in [6, 6.07) is 7.30. The minimum atomic E-state index is 0.529. The van der Waals surface area contributed by atoms with Crippen LogP contribution in [0.15, 0.2) is 18.2 Å². The monoisotopic (exact) mass is 370 g/mol. The third kappa shape index (κ3) is 3.31. The number of rotatable bonds is 4. The van der Waals surface area contributed by atoms with Crippen LogP contribution in [-0.2, 0) is 0 Å². The summed E-state index contributed by atoms with van der Waals surface area (Å²) in [5.74, 6) is 1.62. The molecule has 0 radical (unpaired) electrons. The smallest absolute Gasteiger partial charge is 0.0534 e. The molecule has 2 heteroatoms. The highest BCUT2D eigenvalue weighted by molar-refractivity contribution is 7.28. The molecule has 1 aromatic carbocycles. The van der Waals surface area contributed by atoms with Crippen LogP contribution in [0.5, 0.6) is 0 Å². The molecule has 0 amide bonds. The molecule has 0 unspecified atom stereocenters. The Bertz CT molecular complexity index is 875. The second kappa shape index (κ2) is 6.89. The molecule has 0 saturated heterocycles. The predicted molar refractivity (Wildman–Crippen MR) is 117 cm³/mol. The summed E-state index contributed by atoms with van der Waals surface area (Å²) in [4.78, 5) is 2.88. The molecule has 134 valence electrons. The molecule has 0 aliphatic rings. The lowest BCUT2D eigenvalue weighted by atomic mass is 9.82. The van der Waals surface area contributed by atoms with Crippen LogP contribution < -0.4 is 0 Å². The van der Waals surface area contributed by atoms with Gasteiger partial charge in [-0.1, -0.05) is 53.7 Å². The lowest BCUT2D eigenvalue weighted by Crippen LogP contribution is -2.03. The summed E-state index contributed by atoms with van der Waals surface area (Å²) in [5.41, 5.74) is 7.52. The van der Waals surface area contributed by atoms with Gasteiger partial charge in [0.05, 0.1) is 4.70 Å². The third-order valence-corrected chi connectivity index (χ3v) is 7.30. The summed E-state index contributed by atoms with van der Waals surface area (Å²) in [6.45, 7) is 18.5. The van der Waals surface area contributed by atoms with Crippen molar-refractivity contribution < 1.29 is 0 Å². The van der Waals surface area contributed by atoms with Crippen molar-refractivity contribution in [2.24, 2.45) is 0 Å². The van der Waals surface area contributed by atoms with Gasteiger partial charge in [0.1, 0.15) is 0 Å². The van der Waals surface area contributed by atoms with Crippen LogP contribution >= 0.6 is 22.7 Å². The van der Waals surface area contributed by atoms with Gasteiger partial charge in [-0.2, -0.15) is 0 Å². The van der Waals surface area contributed by atoms with Gasteiger partial charge in [0.15, 0.2) is 0 Å². The highest BCUT2D eigenvalue weighted by Gasteiger charge is 2.23. The van der Waals surface area contributed by atoms with Crippen molar-refractivity contribution in [1.29, 1.82) is 0 Å². The number of hydrogen-bond acceptors (Lipinski definition) is 2. The molecule has 0 atom stereocenters. The van der Waals surface area contributed by atoms with Crippen molar-refractivity contribution in [3.8, 4) is 11.1 Å². The molecular formula is C23H30S2. The maximum atomic E-state index is 2.47. The Morgan fingerprint density at radius 1 is 0.680 bits per heavy atom. The molecule has 0 N–H and O–H groups in total. The van der Waals surface area contributed by atoms with Crippen molar-refractivity contribution in [3.63, 3.8) is 0 Å². The van der Waals surface area contributed by atoms with Crippen molar-refractivity contribution in [1.82, 2.24) is 0 Å². The minimum Gasteiger partial charge on any atom is -0.139 e. The van der Waals surface area contributed by atoms with Crippen LogP contribution in [0.4, 0.5) is 0 Å². The topological polar surface area (TPSA) is 0 Å². The maximum absolute atomic E-state index is 2.47. The zero-order valence-corrected chi connectivity index (χ0v) is 18.4. The van der Waals surface area contributed by atoms with Gasteiger partial charge in [0.2, 0.25) is 0 Å². The Hall–Kier alpha value is -1.12. The van der Waals surface area contributed by atoms with E-state index in [2.05, 4.69) is 73.6 Å². The molecule has 3 rings (SSSR count). The predicted octanol–water partition coefficient (Wildman–Crippen LogP) is 8.62. The molecule has 0 saturated carbocycles. The highest BCUT2D eigenvalue weighted by Crippen LogP contribution is 2.48. The molecule has 0 aliphatic carbocycles. The maximum Gasteiger partial charge on any atom is 0.0534 e. The van der Waals surface area contributed by atoms with Crippen molar-refractivity contribution in [2.75, 3.05) is 0 Å². The van der Waals surface area contributed by atoms with Gasteiger partial charge in [0.25, 0.3) is 0 Å². The molecular weight excluding hydrogens is 340 g/mol. The average molecular weight is 371 g/mol. The van der Waals surface area contributed by atoms with E-state index in [-0.39, 0.29) is 0 Å². The second-order valence-electron chi connectivity index (χ2n) is 8.12. The molecule has 2 heterocycles. The van der Waals surface area contributed by atoms with Gasteiger partial charge in [-0.3, -0.25) is 0 Å². The summed E-state index contributed by atoms with van der Waals surface area (Å²) in [7, 11) is 0. The Morgan fingerprint density at radius 2 is 1.24 bits per heavy atom. The fourth-order valence-corrected chi connectivity index (χ4v) is 6.12. The first-order chi connectivity index (χ1) is 11.7. The summed E-state index contributed by atoms with van der Waals surface area (Å²) in [5, 5.41) is 0. The third-order valence-electron chi connectivity index (χ3n) is 5.05. The van der Waals surface area contributed by atoms with E-state index in [1.54, 1.807) is 0 Å². The molecule has 0 fully saturated rings. The first-order valence-corrected chi connectivity index (χ1v) is 11.0. The largest absolute Gasteiger partial charge is 0.139 e. The molecule has 3 aromatic rings. The van der Waals surface area contributed by atoms with Crippen molar-refractivity contribution in [2.45, 2.75) is 73.1 Å². The zero-order valence-electron chi connectivity index (χ0n) is 16.8. The molecule has 25 heavy (non-hydrogen) atoms. The van der Waals surface area contributed by atoms with Crippen LogP contribution in [0.3, 0.4) is 0 Å². The van der Waals surface area contributed by atoms with Gasteiger partial charge in [0, 0.05) is 20.0 Å². The summed E-state index contributed by atoms with van der Waals surface area (Å²) in [6.07, 6.45) is 0. The first kappa shape index (κ1) is 18.7. The summed E-state index contributed by atoms with van der Waals surface area (Å²) >= 11 is 3.91. The Labute approximate surface area is 160 Å². The zero-order chi connectivity index (χ0) is 18.5. The normalized spacial score (nSPS) is 12.3. The number of hydrogen-bond donors (Lipinski definition) is 0. The van der Waals surface area contributed by atoms with E-state index in [9.17, 15) is 0 Å². The van der Waals surface area contributed by atoms with Crippen LogP contribution in [-0.4, -0.2) is 0 Å². The highest BCUT2D eigenvalue weighted by atomic mass is 32.1. The molecule has 0 nitrogen and oxygen atoms in total. The van der Waals surface area contributed by atoms with E-state index in [4.69, 9.17) is 0 Å². The molecule has 0 aliphatic heterocycles. The summed E-state index contributed by atoms with van der Waals surface area (Å²) < 4.78 is 2.94. The van der Waals surface area contributed by atoms with E-state index >= 15 is 0 Å². The Kier molecular flexibility index (Phi) is 5.14. The Balaban J connectivity index is 2.42. The van der Waals surface area contributed by atoms with E-state index in [0.717, 1.165) is 0 Å². The lowest BCUT2D eigenvalue weighted by Gasteiger charge is -2.23. The van der Waals surface area contributed by atoms with E-state index in [0.29, 0.717) is 17.8 Å². The van der Waals surface area contributed by atoms with Gasteiger partial charge in [-0.05, 0) is 59.9 Å². The lowest BCUT2D eigenvalue weighted by molar-refractivity contribution is 0.808. The van der Waals surface area contributed by atoms with Crippen molar-refractivity contribution >= 4 is 32.1 Å². The quantitative estimate of drug-likeness (QED) is 0.431. The van der Waals surface area contributed by atoms with E-state index in [1.165, 1.54) is 47.0 Å². The van der Waals surface area contributed by atoms with Gasteiger partial charge < -0.3 is 0 Å². The van der Waals surface area contributed by atoms with E-state index in [1.807, 2.05) is 22.7 Å². The fourth-order valence-electron chi connectivity index (χ4n) is 3.65. The molecule has 2 aromatic heterocycles. The number of fused-ring (bicyclic) bond motifs is 1. The SMILES string of the molecule is Cc1cc2sc(C)c(-c3c(C(C)C)cc(C(C)C)cc3C(C)C)c2s1. The second-order valence-corrected chi connectivity index (χ2v) is 10.6. The van der Waals surface area contributed by atoms with Crippen LogP contribution in [0.2, 0.25) is 0 Å². The van der Waals surface area contributed by atoms with Gasteiger partial charge >= 0.3 is 0 Å². The van der Waals surface area contributed by atoms with Crippen LogP contribution in [0, 0.1) is 13.8 Å². The van der Waals surface area contributed by atoms with Crippen molar-refractivity contribution in [3.05, 3.63) is 44.6 Å². The molecule has 0 spiro atoms. The van der Waals surface area contributed by atoms with Crippen LogP contribution in [0.1, 0.15) is 85.7 Å². The standard InChI is InChI=1S/C23H30S2/c1-12(2)17-10-18(13(3)4)22(19(11-17)14(5)6)21-16(8)25-20-9-15(7)24-23(20)21/h9-14H,1-8H3. The van der Waals surface area contributed by atoms with Gasteiger partial charge in [-0.15, -0.1) is 22.7 Å². The van der Waals surface area contributed by atoms with Crippen LogP contribution in [0.25, 0.3) is 20.5 Å². The first-order valence-electron chi connectivity index (χ1n) is 9.38. The number of thiophene rings is 2. The fraction of sp³-hybridized carbons (Fsp3) is 0.478. The van der Waals surface area contributed by atoms with E-state index < -0.39 is 0 Å². The van der Waals surface area contributed by atoms with Gasteiger partial charge in [-0.25, -0.2) is 0 Å². The average Bonchev–Trinajstić information content (AvgIpc) is 2.99. The minimum absolute atomic E-state index is 0.529. The molecule has 0 bridgehead atoms. The Morgan fingerprint density at radius 3 is 1.72 bits per heavy atom. The number of benzene rings is 1. The number of aryl methyl sites for hydroxylation is 2.